The molecule has 3 aromatic rings. The van der Waals surface area contributed by atoms with Gasteiger partial charge in [0.25, 0.3) is 0 Å². The van der Waals surface area contributed by atoms with E-state index in [0.717, 1.165) is 15.8 Å². The average molecular weight is 369 g/mol. The van der Waals surface area contributed by atoms with Gasteiger partial charge in [-0.2, -0.15) is 0 Å². The van der Waals surface area contributed by atoms with E-state index in [1.807, 2.05) is 31.2 Å². The third-order valence-electron chi connectivity index (χ3n) is 3.94. The van der Waals surface area contributed by atoms with Crippen molar-refractivity contribution in [1.29, 1.82) is 0 Å². The van der Waals surface area contributed by atoms with Crippen LogP contribution in [0.2, 0.25) is 0 Å². The summed E-state index contributed by atoms with van der Waals surface area (Å²) in [5, 5.41) is 6.66. The second-order valence-corrected chi connectivity index (χ2v) is 6.89. The van der Waals surface area contributed by atoms with E-state index in [9.17, 15) is 9.59 Å². The molecule has 1 aromatic heterocycles. The number of nitrogens with zero attached hydrogens (tertiary/aromatic N) is 1. The van der Waals surface area contributed by atoms with Crippen LogP contribution in [0.3, 0.4) is 0 Å². The maximum Gasteiger partial charge on any atom is 0.337 e. The van der Waals surface area contributed by atoms with Gasteiger partial charge in [-0.15, -0.1) is 0 Å². The Morgan fingerprint density at radius 3 is 2.69 bits per heavy atom. The van der Waals surface area contributed by atoms with Gasteiger partial charge in [-0.05, 0) is 43.7 Å². The quantitative estimate of drug-likeness (QED) is 0.668. The van der Waals surface area contributed by atoms with Crippen LogP contribution in [0.5, 0.6) is 0 Å². The summed E-state index contributed by atoms with van der Waals surface area (Å²) >= 11 is 1.50. The minimum Gasteiger partial charge on any atom is -0.465 e. The molecule has 134 valence electrons. The zero-order valence-corrected chi connectivity index (χ0v) is 15.5. The highest BCUT2D eigenvalue weighted by Crippen LogP contribution is 2.26. The molecule has 1 heterocycles. The van der Waals surface area contributed by atoms with Crippen molar-refractivity contribution >= 4 is 44.2 Å². The van der Waals surface area contributed by atoms with Crippen molar-refractivity contribution in [3.8, 4) is 0 Å². The molecule has 26 heavy (non-hydrogen) atoms. The molecule has 0 spiro atoms. The Morgan fingerprint density at radius 1 is 1.19 bits per heavy atom. The third kappa shape index (κ3) is 3.83. The number of ether oxygens (including phenoxy) is 1. The van der Waals surface area contributed by atoms with Crippen LogP contribution in [0.25, 0.3) is 10.2 Å². The highest BCUT2D eigenvalue weighted by Gasteiger charge is 2.17. The second-order valence-electron chi connectivity index (χ2n) is 5.86. The summed E-state index contributed by atoms with van der Waals surface area (Å²) in [4.78, 5) is 28.7. The fourth-order valence-corrected chi connectivity index (χ4v) is 3.38. The Kier molecular flexibility index (Phi) is 5.18. The number of thiazole rings is 1. The lowest BCUT2D eigenvalue weighted by molar-refractivity contribution is -0.116. The lowest BCUT2D eigenvalue weighted by Crippen LogP contribution is -2.32. The zero-order chi connectivity index (χ0) is 18.7. The molecule has 0 radical (unpaired) electrons. The van der Waals surface area contributed by atoms with Crippen LogP contribution in [0.1, 0.15) is 22.8 Å². The van der Waals surface area contributed by atoms with E-state index in [4.69, 9.17) is 4.74 Å². The number of esters is 1. The highest BCUT2D eigenvalue weighted by molar-refractivity contribution is 7.22. The molecule has 0 aliphatic carbocycles. The first-order valence-electron chi connectivity index (χ1n) is 8.10. The molecule has 1 amide bonds. The normalized spacial score (nSPS) is 11.8. The van der Waals surface area contributed by atoms with Crippen molar-refractivity contribution in [1.82, 2.24) is 4.98 Å². The first kappa shape index (κ1) is 17.9. The molecule has 0 aliphatic rings. The fourth-order valence-electron chi connectivity index (χ4n) is 2.43. The predicted octanol–water partition coefficient (Wildman–Crippen LogP) is 3.83. The number of carbonyl (C=O) groups is 2. The van der Waals surface area contributed by atoms with E-state index in [1.54, 1.807) is 25.1 Å². The summed E-state index contributed by atoms with van der Waals surface area (Å²) in [5.41, 5.74) is 2.73. The first-order valence-corrected chi connectivity index (χ1v) is 8.91. The van der Waals surface area contributed by atoms with Crippen LogP contribution in [-0.4, -0.2) is 30.0 Å². The van der Waals surface area contributed by atoms with E-state index in [2.05, 4.69) is 15.6 Å². The van der Waals surface area contributed by atoms with E-state index in [0.29, 0.717) is 16.4 Å². The van der Waals surface area contributed by atoms with E-state index in [-0.39, 0.29) is 5.91 Å². The van der Waals surface area contributed by atoms with E-state index < -0.39 is 12.0 Å². The summed E-state index contributed by atoms with van der Waals surface area (Å²) in [6.45, 7) is 3.63. The molecule has 2 N–H and O–H groups in total. The van der Waals surface area contributed by atoms with Crippen LogP contribution in [0, 0.1) is 6.92 Å². The number of benzene rings is 2. The average Bonchev–Trinajstić information content (AvgIpc) is 3.04. The van der Waals surface area contributed by atoms with Crippen LogP contribution in [0.4, 0.5) is 10.8 Å². The van der Waals surface area contributed by atoms with Crippen molar-refractivity contribution in [3.63, 3.8) is 0 Å². The van der Waals surface area contributed by atoms with Gasteiger partial charge in [0.15, 0.2) is 5.13 Å². The first-order chi connectivity index (χ1) is 12.5. The number of fused-ring (bicyclic) bond motifs is 1. The third-order valence-corrected chi connectivity index (χ3v) is 4.91. The maximum absolute atomic E-state index is 12.5. The molecular formula is C19H19N3O3S. The Bertz CT molecular complexity index is 935. The van der Waals surface area contributed by atoms with Gasteiger partial charge < -0.3 is 15.4 Å². The van der Waals surface area contributed by atoms with Gasteiger partial charge in [-0.3, -0.25) is 4.79 Å². The van der Waals surface area contributed by atoms with Gasteiger partial charge in [0.1, 0.15) is 6.04 Å². The minimum atomic E-state index is -0.489. The van der Waals surface area contributed by atoms with Crippen molar-refractivity contribution in [2.24, 2.45) is 0 Å². The number of carbonyl (C=O) groups excluding carboxylic acids is 2. The van der Waals surface area contributed by atoms with Crippen molar-refractivity contribution in [3.05, 3.63) is 53.6 Å². The SMILES string of the molecule is COC(=O)c1ccc(C)c(NC(=O)C(C)Nc2nc3ccccc3s2)c1. The van der Waals surface area contributed by atoms with Crippen LogP contribution >= 0.6 is 11.3 Å². The van der Waals surface area contributed by atoms with Crippen LogP contribution in [0.15, 0.2) is 42.5 Å². The molecule has 1 unspecified atom stereocenters. The van der Waals surface area contributed by atoms with Gasteiger partial charge in [-0.25, -0.2) is 9.78 Å². The van der Waals surface area contributed by atoms with Crippen LogP contribution in [-0.2, 0) is 9.53 Å². The largest absolute Gasteiger partial charge is 0.465 e. The summed E-state index contributed by atoms with van der Waals surface area (Å²) in [5.74, 6) is -0.657. The minimum absolute atomic E-state index is 0.214. The highest BCUT2D eigenvalue weighted by atomic mass is 32.1. The number of anilines is 2. The van der Waals surface area contributed by atoms with Gasteiger partial charge in [0.05, 0.1) is 22.9 Å². The smallest absolute Gasteiger partial charge is 0.337 e. The number of aryl methyl sites for hydroxylation is 1. The Balaban J connectivity index is 1.72. The number of para-hydroxylation sites is 1. The lowest BCUT2D eigenvalue weighted by Gasteiger charge is -2.15. The van der Waals surface area contributed by atoms with Crippen LogP contribution < -0.4 is 10.6 Å². The molecular weight excluding hydrogens is 350 g/mol. The topological polar surface area (TPSA) is 80.3 Å². The number of hydrogen-bond acceptors (Lipinski definition) is 6. The number of hydrogen-bond donors (Lipinski definition) is 2. The van der Waals surface area contributed by atoms with Crippen molar-refractivity contribution < 1.29 is 14.3 Å². The number of nitrogens with one attached hydrogen (secondary N) is 2. The van der Waals surface area contributed by atoms with Crippen molar-refractivity contribution in [2.75, 3.05) is 17.7 Å². The molecule has 6 nitrogen and oxygen atoms in total. The molecule has 0 fully saturated rings. The summed E-state index contributed by atoms with van der Waals surface area (Å²) < 4.78 is 5.78. The monoisotopic (exact) mass is 369 g/mol. The van der Waals surface area contributed by atoms with Gasteiger partial charge in [0.2, 0.25) is 5.91 Å². The number of rotatable bonds is 5. The zero-order valence-electron chi connectivity index (χ0n) is 14.7. The lowest BCUT2D eigenvalue weighted by atomic mass is 10.1. The molecule has 0 saturated carbocycles. The van der Waals surface area contributed by atoms with Crippen molar-refractivity contribution in [2.45, 2.75) is 19.9 Å². The Hall–Kier alpha value is -2.93. The molecule has 7 heteroatoms. The molecule has 2 aromatic carbocycles. The number of methoxy groups -OCH3 is 1. The second kappa shape index (κ2) is 7.53. The number of amides is 1. The molecule has 0 bridgehead atoms. The Morgan fingerprint density at radius 2 is 1.96 bits per heavy atom. The molecule has 0 aliphatic heterocycles. The maximum atomic E-state index is 12.5. The molecule has 1 atom stereocenters. The van der Waals surface area contributed by atoms with Gasteiger partial charge in [-0.1, -0.05) is 29.5 Å². The summed E-state index contributed by atoms with van der Waals surface area (Å²) in [7, 11) is 1.32. The van der Waals surface area contributed by atoms with Gasteiger partial charge >= 0.3 is 5.97 Å². The number of aromatic nitrogens is 1. The Labute approximate surface area is 155 Å². The van der Waals surface area contributed by atoms with Gasteiger partial charge in [0, 0.05) is 5.69 Å². The predicted molar refractivity (Wildman–Crippen MR) is 104 cm³/mol. The van der Waals surface area contributed by atoms with E-state index in [1.165, 1.54) is 18.4 Å². The summed E-state index contributed by atoms with van der Waals surface area (Å²) in [6.07, 6.45) is 0. The molecule has 3 rings (SSSR count). The standard InChI is InChI=1S/C19H19N3O3S/c1-11-8-9-13(18(24)25-3)10-15(11)21-17(23)12(2)20-19-22-14-6-4-5-7-16(14)26-19/h4-10,12H,1-3H3,(H,20,22)(H,21,23). The molecule has 0 saturated heterocycles. The summed E-state index contributed by atoms with van der Waals surface area (Å²) in [6, 6.07) is 12.4. The fraction of sp³-hybridized carbons (Fsp3) is 0.211. The van der Waals surface area contributed by atoms with E-state index >= 15 is 0 Å².